The average molecular weight is 307 g/mol. The van der Waals surface area contributed by atoms with Crippen LogP contribution in [-0.4, -0.2) is 18.9 Å². The number of nitrogen functional groups attached to an aromatic ring is 2. The van der Waals surface area contributed by atoms with Crippen LogP contribution >= 0.6 is 0 Å². The normalized spacial score (nSPS) is 11.1. The quantitative estimate of drug-likeness (QED) is 0.499. The Morgan fingerprint density at radius 2 is 1.57 bits per heavy atom. The van der Waals surface area contributed by atoms with Crippen LogP contribution in [-0.2, 0) is 10.1 Å². The zero-order chi connectivity index (χ0) is 15.6. The molecule has 0 unspecified atom stereocenters. The van der Waals surface area contributed by atoms with E-state index in [9.17, 15) is 13.2 Å². The molecule has 0 bridgehead atoms. The highest BCUT2D eigenvalue weighted by molar-refractivity contribution is 7.86. The molecule has 0 aliphatic carbocycles. The Kier molecular flexibility index (Phi) is 3.83. The van der Waals surface area contributed by atoms with Crippen molar-refractivity contribution in [2.24, 2.45) is 0 Å². The summed E-state index contributed by atoms with van der Waals surface area (Å²) < 4.78 is 31.8. The van der Waals surface area contributed by atoms with Gasteiger partial charge in [0.1, 0.15) is 4.90 Å². The van der Waals surface area contributed by atoms with Gasteiger partial charge in [0.25, 0.3) is 16.0 Å². The van der Waals surface area contributed by atoms with Crippen molar-refractivity contribution in [1.29, 1.82) is 0 Å². The zero-order valence-corrected chi connectivity index (χ0v) is 11.6. The number of hydrogen-bond acceptors (Lipinski definition) is 5. The van der Waals surface area contributed by atoms with Crippen molar-refractivity contribution in [3.63, 3.8) is 0 Å². The number of amides is 1. The summed E-state index contributed by atoms with van der Waals surface area (Å²) >= 11 is 0. The Bertz CT molecular complexity index is 786. The number of benzene rings is 2. The molecule has 1 amide bonds. The van der Waals surface area contributed by atoms with Crippen LogP contribution in [0, 0.1) is 0 Å². The zero-order valence-electron chi connectivity index (χ0n) is 10.8. The lowest BCUT2D eigenvalue weighted by molar-refractivity contribution is 0.102. The van der Waals surface area contributed by atoms with Crippen LogP contribution in [0.1, 0.15) is 10.4 Å². The van der Waals surface area contributed by atoms with E-state index in [1.807, 2.05) is 0 Å². The number of nitrogens with one attached hydrogen (secondary N) is 1. The van der Waals surface area contributed by atoms with Crippen LogP contribution in [0.15, 0.2) is 47.4 Å². The first-order valence-corrected chi connectivity index (χ1v) is 7.25. The van der Waals surface area contributed by atoms with E-state index < -0.39 is 20.9 Å². The molecule has 2 aromatic rings. The van der Waals surface area contributed by atoms with Crippen LogP contribution in [0.4, 0.5) is 17.1 Å². The number of rotatable bonds is 3. The van der Waals surface area contributed by atoms with Crippen molar-refractivity contribution in [2.75, 3.05) is 16.8 Å². The van der Waals surface area contributed by atoms with Crippen molar-refractivity contribution < 1.29 is 17.8 Å². The van der Waals surface area contributed by atoms with Crippen LogP contribution in [0.2, 0.25) is 0 Å². The lowest BCUT2D eigenvalue weighted by Crippen LogP contribution is -2.16. The standard InChI is InChI=1S/C13H13N3O4S/c14-8-1-4-10(5-2-8)16-13(17)11-6-3-9(15)7-12(11)21(18,19)20/h1-7H,14-15H2,(H,16,17)(H,18,19,20). The maximum Gasteiger partial charge on any atom is 0.295 e. The lowest BCUT2D eigenvalue weighted by atomic mass is 10.2. The number of hydrogen-bond donors (Lipinski definition) is 4. The summed E-state index contributed by atoms with van der Waals surface area (Å²) in [4.78, 5) is 11.6. The van der Waals surface area contributed by atoms with E-state index >= 15 is 0 Å². The number of nitrogens with two attached hydrogens (primary N) is 2. The third kappa shape index (κ3) is 3.50. The van der Waals surface area contributed by atoms with Gasteiger partial charge in [0.05, 0.1) is 5.56 Å². The number of carbonyl (C=O) groups is 1. The number of carbonyl (C=O) groups excluding carboxylic acids is 1. The molecule has 7 nitrogen and oxygen atoms in total. The summed E-state index contributed by atoms with van der Waals surface area (Å²) in [7, 11) is -4.56. The van der Waals surface area contributed by atoms with Gasteiger partial charge in [-0.05, 0) is 42.5 Å². The van der Waals surface area contributed by atoms with E-state index in [-0.39, 0.29) is 11.3 Å². The van der Waals surface area contributed by atoms with Gasteiger partial charge in [-0.25, -0.2) is 0 Å². The SMILES string of the molecule is Nc1ccc(NC(=O)c2ccc(N)cc2S(=O)(=O)O)cc1. The maximum absolute atomic E-state index is 12.1. The minimum atomic E-state index is -4.56. The van der Waals surface area contributed by atoms with Gasteiger partial charge in [-0.3, -0.25) is 9.35 Å². The van der Waals surface area contributed by atoms with Crippen molar-refractivity contribution in [3.8, 4) is 0 Å². The molecule has 0 aliphatic heterocycles. The van der Waals surface area contributed by atoms with Gasteiger partial charge in [-0.15, -0.1) is 0 Å². The monoisotopic (exact) mass is 307 g/mol. The lowest BCUT2D eigenvalue weighted by Gasteiger charge is -2.09. The van der Waals surface area contributed by atoms with Gasteiger partial charge in [-0.2, -0.15) is 8.42 Å². The Morgan fingerprint density at radius 3 is 2.14 bits per heavy atom. The molecule has 8 heteroatoms. The fourth-order valence-electron chi connectivity index (χ4n) is 1.70. The molecule has 0 saturated heterocycles. The summed E-state index contributed by atoms with van der Waals surface area (Å²) in [6.45, 7) is 0. The smallest absolute Gasteiger partial charge is 0.295 e. The molecule has 0 aromatic heterocycles. The van der Waals surface area contributed by atoms with Crippen LogP contribution in [0.3, 0.4) is 0 Å². The molecule has 0 fully saturated rings. The molecule has 21 heavy (non-hydrogen) atoms. The summed E-state index contributed by atoms with van der Waals surface area (Å²) in [6.07, 6.45) is 0. The molecule has 0 saturated carbocycles. The predicted molar refractivity (Wildman–Crippen MR) is 79.5 cm³/mol. The van der Waals surface area contributed by atoms with Crippen LogP contribution in [0.5, 0.6) is 0 Å². The van der Waals surface area contributed by atoms with Gasteiger partial charge >= 0.3 is 0 Å². The molecule has 0 spiro atoms. The minimum Gasteiger partial charge on any atom is -0.399 e. The maximum atomic E-state index is 12.1. The Morgan fingerprint density at radius 1 is 1.00 bits per heavy atom. The molecule has 0 atom stereocenters. The summed E-state index contributed by atoms with van der Waals surface area (Å²) in [5.41, 5.74) is 11.9. The molecule has 0 radical (unpaired) electrons. The topological polar surface area (TPSA) is 136 Å². The third-order valence-corrected chi connectivity index (χ3v) is 3.59. The van der Waals surface area contributed by atoms with E-state index in [1.165, 1.54) is 12.1 Å². The third-order valence-electron chi connectivity index (χ3n) is 2.70. The van der Waals surface area contributed by atoms with Crippen molar-refractivity contribution in [3.05, 3.63) is 48.0 Å². The van der Waals surface area contributed by atoms with Gasteiger partial charge in [0.2, 0.25) is 0 Å². The Hall–Kier alpha value is -2.58. The first-order chi connectivity index (χ1) is 9.77. The number of anilines is 3. The fourth-order valence-corrected chi connectivity index (χ4v) is 2.43. The van der Waals surface area contributed by atoms with Gasteiger partial charge < -0.3 is 16.8 Å². The first kappa shape index (κ1) is 14.8. The van der Waals surface area contributed by atoms with E-state index in [0.29, 0.717) is 11.4 Å². The highest BCUT2D eigenvalue weighted by Gasteiger charge is 2.20. The summed E-state index contributed by atoms with van der Waals surface area (Å²) in [6, 6.07) is 9.92. The Labute approximate surface area is 121 Å². The molecule has 2 rings (SSSR count). The van der Waals surface area contributed by atoms with E-state index in [2.05, 4.69) is 5.32 Å². The second kappa shape index (κ2) is 5.43. The average Bonchev–Trinajstić information content (AvgIpc) is 2.40. The molecule has 0 heterocycles. The predicted octanol–water partition coefficient (Wildman–Crippen LogP) is 1.35. The van der Waals surface area contributed by atoms with Crippen LogP contribution in [0.25, 0.3) is 0 Å². The van der Waals surface area contributed by atoms with E-state index in [1.54, 1.807) is 24.3 Å². The van der Waals surface area contributed by atoms with Gasteiger partial charge in [0.15, 0.2) is 0 Å². The second-order valence-corrected chi connectivity index (χ2v) is 5.70. The van der Waals surface area contributed by atoms with Crippen molar-refractivity contribution >= 4 is 33.1 Å². The Balaban J connectivity index is 2.38. The van der Waals surface area contributed by atoms with E-state index in [4.69, 9.17) is 16.0 Å². The molecular weight excluding hydrogens is 294 g/mol. The van der Waals surface area contributed by atoms with Crippen LogP contribution < -0.4 is 16.8 Å². The summed E-state index contributed by atoms with van der Waals surface area (Å²) in [5, 5.41) is 2.51. The first-order valence-electron chi connectivity index (χ1n) is 5.81. The van der Waals surface area contributed by atoms with Crippen molar-refractivity contribution in [1.82, 2.24) is 0 Å². The fraction of sp³-hybridized carbons (Fsp3) is 0. The summed E-state index contributed by atoms with van der Waals surface area (Å²) in [5.74, 6) is -0.688. The molecule has 0 aliphatic rings. The molecular formula is C13H13N3O4S. The molecule has 2 aromatic carbocycles. The highest BCUT2D eigenvalue weighted by atomic mass is 32.2. The van der Waals surface area contributed by atoms with Gasteiger partial charge in [-0.1, -0.05) is 0 Å². The second-order valence-electron chi connectivity index (χ2n) is 4.31. The van der Waals surface area contributed by atoms with Gasteiger partial charge in [0, 0.05) is 17.1 Å². The van der Waals surface area contributed by atoms with E-state index in [0.717, 1.165) is 6.07 Å². The van der Waals surface area contributed by atoms with Crippen molar-refractivity contribution in [2.45, 2.75) is 4.90 Å². The molecule has 6 N–H and O–H groups in total. The molecule has 110 valence electrons. The minimum absolute atomic E-state index is 0.117. The largest absolute Gasteiger partial charge is 0.399 e. The highest BCUT2D eigenvalue weighted by Crippen LogP contribution is 2.20.